The standard InChI is InChI=1S/C16H22N2O2/c1-11(2)5-6-20-15-3-4-16-12(7-15)10-17-18(16)13-8-14(19)9-13/h3-4,7,10-11,13-14,19H,5-6,8-9H2,1-2H3/t13-,14-. The van der Waals surface area contributed by atoms with Crippen molar-refractivity contribution in [2.75, 3.05) is 6.61 Å². The number of aliphatic hydroxyl groups excluding tert-OH is 1. The molecule has 1 aliphatic rings. The molecule has 1 aromatic carbocycles. The van der Waals surface area contributed by atoms with Gasteiger partial charge >= 0.3 is 0 Å². The number of aromatic nitrogens is 2. The molecule has 0 radical (unpaired) electrons. The van der Waals surface area contributed by atoms with Gasteiger partial charge in [-0.15, -0.1) is 0 Å². The van der Waals surface area contributed by atoms with Gasteiger partial charge in [0.05, 0.1) is 30.5 Å². The Balaban J connectivity index is 1.72. The molecule has 3 rings (SSSR count). The van der Waals surface area contributed by atoms with Crippen molar-refractivity contribution < 1.29 is 9.84 Å². The van der Waals surface area contributed by atoms with Gasteiger partial charge < -0.3 is 9.84 Å². The summed E-state index contributed by atoms with van der Waals surface area (Å²) in [6.45, 7) is 5.15. The molecule has 0 saturated heterocycles. The molecule has 0 spiro atoms. The molecule has 0 unspecified atom stereocenters. The van der Waals surface area contributed by atoms with Gasteiger partial charge in [0.25, 0.3) is 0 Å². The Kier molecular flexibility index (Phi) is 3.66. The molecule has 0 atom stereocenters. The second-order valence-corrected chi connectivity index (χ2v) is 6.12. The van der Waals surface area contributed by atoms with E-state index in [2.05, 4.69) is 25.0 Å². The van der Waals surface area contributed by atoms with Crippen LogP contribution in [0.4, 0.5) is 0 Å². The molecule has 1 aliphatic carbocycles. The molecule has 20 heavy (non-hydrogen) atoms. The van der Waals surface area contributed by atoms with Crippen LogP contribution < -0.4 is 4.74 Å². The topological polar surface area (TPSA) is 47.3 Å². The summed E-state index contributed by atoms with van der Waals surface area (Å²) in [5.74, 6) is 1.57. The predicted molar refractivity (Wildman–Crippen MR) is 79.0 cm³/mol. The van der Waals surface area contributed by atoms with Gasteiger partial charge in [0, 0.05) is 5.39 Å². The average molecular weight is 274 g/mol. The lowest BCUT2D eigenvalue weighted by molar-refractivity contribution is 0.0453. The van der Waals surface area contributed by atoms with Crippen molar-refractivity contribution in [2.24, 2.45) is 5.92 Å². The molecule has 0 amide bonds. The average Bonchev–Trinajstić information content (AvgIpc) is 2.77. The van der Waals surface area contributed by atoms with E-state index in [1.807, 2.05) is 23.0 Å². The van der Waals surface area contributed by atoms with Crippen LogP contribution in [0.2, 0.25) is 0 Å². The summed E-state index contributed by atoms with van der Waals surface area (Å²) in [5.41, 5.74) is 1.12. The number of fused-ring (bicyclic) bond motifs is 1. The molecule has 2 aromatic rings. The molecule has 1 fully saturated rings. The molecule has 4 nitrogen and oxygen atoms in total. The third kappa shape index (κ3) is 2.66. The van der Waals surface area contributed by atoms with Gasteiger partial charge in [0.1, 0.15) is 5.75 Å². The number of hydrogen-bond acceptors (Lipinski definition) is 3. The van der Waals surface area contributed by atoms with Crippen LogP contribution in [-0.4, -0.2) is 27.6 Å². The van der Waals surface area contributed by atoms with Gasteiger partial charge in [-0.05, 0) is 43.4 Å². The Bertz CT molecular complexity index is 585. The van der Waals surface area contributed by atoms with Crippen molar-refractivity contribution in [3.8, 4) is 5.75 Å². The number of benzene rings is 1. The van der Waals surface area contributed by atoms with Crippen molar-refractivity contribution in [1.82, 2.24) is 9.78 Å². The molecule has 1 aromatic heterocycles. The van der Waals surface area contributed by atoms with Crippen molar-refractivity contribution in [3.63, 3.8) is 0 Å². The number of aliphatic hydroxyl groups is 1. The van der Waals surface area contributed by atoms with Crippen LogP contribution in [0, 0.1) is 5.92 Å². The minimum Gasteiger partial charge on any atom is -0.494 e. The third-order valence-electron chi connectivity index (χ3n) is 3.97. The van der Waals surface area contributed by atoms with Gasteiger partial charge in [0.15, 0.2) is 0 Å². The summed E-state index contributed by atoms with van der Waals surface area (Å²) < 4.78 is 7.80. The fraction of sp³-hybridized carbons (Fsp3) is 0.562. The van der Waals surface area contributed by atoms with Gasteiger partial charge in [-0.25, -0.2) is 0 Å². The van der Waals surface area contributed by atoms with E-state index in [4.69, 9.17) is 4.74 Å². The largest absolute Gasteiger partial charge is 0.494 e. The first-order chi connectivity index (χ1) is 9.63. The molecule has 4 heteroatoms. The molecule has 1 heterocycles. The van der Waals surface area contributed by atoms with E-state index in [-0.39, 0.29) is 6.10 Å². The molecule has 0 aliphatic heterocycles. The zero-order valence-electron chi connectivity index (χ0n) is 12.1. The molecule has 108 valence electrons. The van der Waals surface area contributed by atoms with Gasteiger partial charge in [0.2, 0.25) is 0 Å². The van der Waals surface area contributed by atoms with E-state index in [1.54, 1.807) is 0 Å². The van der Waals surface area contributed by atoms with Crippen molar-refractivity contribution >= 4 is 10.9 Å². The fourth-order valence-electron chi connectivity index (χ4n) is 2.58. The van der Waals surface area contributed by atoms with Crippen molar-refractivity contribution in [1.29, 1.82) is 0 Å². The molecule has 1 saturated carbocycles. The molecular weight excluding hydrogens is 252 g/mol. The second kappa shape index (κ2) is 5.44. The monoisotopic (exact) mass is 274 g/mol. The van der Waals surface area contributed by atoms with E-state index in [0.29, 0.717) is 12.0 Å². The third-order valence-corrected chi connectivity index (χ3v) is 3.97. The highest BCUT2D eigenvalue weighted by Gasteiger charge is 2.30. The van der Waals surface area contributed by atoms with E-state index in [1.165, 1.54) is 0 Å². The smallest absolute Gasteiger partial charge is 0.120 e. The van der Waals surface area contributed by atoms with Crippen LogP contribution in [0.5, 0.6) is 5.75 Å². The summed E-state index contributed by atoms with van der Waals surface area (Å²) in [7, 11) is 0. The lowest BCUT2D eigenvalue weighted by atomic mass is 9.89. The van der Waals surface area contributed by atoms with E-state index >= 15 is 0 Å². The zero-order valence-corrected chi connectivity index (χ0v) is 12.1. The Morgan fingerprint density at radius 1 is 1.40 bits per heavy atom. The highest BCUT2D eigenvalue weighted by molar-refractivity contribution is 5.80. The maximum absolute atomic E-state index is 9.41. The van der Waals surface area contributed by atoms with Gasteiger partial charge in [-0.3, -0.25) is 4.68 Å². The van der Waals surface area contributed by atoms with Crippen LogP contribution in [0.1, 0.15) is 39.2 Å². The van der Waals surface area contributed by atoms with Gasteiger partial charge in [-0.1, -0.05) is 13.8 Å². The fourth-order valence-corrected chi connectivity index (χ4v) is 2.58. The summed E-state index contributed by atoms with van der Waals surface area (Å²) >= 11 is 0. The highest BCUT2D eigenvalue weighted by Crippen LogP contribution is 2.34. The minimum absolute atomic E-state index is 0.155. The first-order valence-electron chi connectivity index (χ1n) is 7.41. The van der Waals surface area contributed by atoms with Crippen LogP contribution in [0.15, 0.2) is 24.4 Å². The van der Waals surface area contributed by atoms with Crippen molar-refractivity contribution in [3.05, 3.63) is 24.4 Å². The molecular formula is C16H22N2O2. The first-order valence-corrected chi connectivity index (χ1v) is 7.41. The lowest BCUT2D eigenvalue weighted by Crippen LogP contribution is -2.31. The first kappa shape index (κ1) is 13.4. The minimum atomic E-state index is -0.155. The SMILES string of the molecule is CC(C)CCOc1ccc2c(cnn2[C@H]2C[C@H](O)C2)c1. The van der Waals surface area contributed by atoms with Crippen molar-refractivity contribution in [2.45, 2.75) is 45.3 Å². The Morgan fingerprint density at radius 3 is 2.90 bits per heavy atom. The Labute approximate surface area is 119 Å². The number of hydrogen-bond donors (Lipinski definition) is 1. The number of ether oxygens (including phenoxy) is 1. The van der Waals surface area contributed by atoms with Crippen LogP contribution in [0.3, 0.4) is 0 Å². The lowest BCUT2D eigenvalue weighted by Gasteiger charge is -2.31. The second-order valence-electron chi connectivity index (χ2n) is 6.12. The Morgan fingerprint density at radius 2 is 2.20 bits per heavy atom. The predicted octanol–water partition coefficient (Wildman–Crippen LogP) is 3.16. The maximum Gasteiger partial charge on any atom is 0.120 e. The normalized spacial score (nSPS) is 22.2. The zero-order chi connectivity index (χ0) is 14.1. The summed E-state index contributed by atoms with van der Waals surface area (Å²) in [4.78, 5) is 0. The number of nitrogens with zero attached hydrogens (tertiary/aromatic N) is 2. The van der Waals surface area contributed by atoms with Crippen LogP contribution in [-0.2, 0) is 0 Å². The van der Waals surface area contributed by atoms with Crippen LogP contribution >= 0.6 is 0 Å². The number of rotatable bonds is 5. The van der Waals surface area contributed by atoms with E-state index in [0.717, 1.165) is 42.5 Å². The molecule has 0 bridgehead atoms. The quantitative estimate of drug-likeness (QED) is 0.911. The van der Waals surface area contributed by atoms with E-state index in [9.17, 15) is 5.11 Å². The highest BCUT2D eigenvalue weighted by atomic mass is 16.5. The van der Waals surface area contributed by atoms with Gasteiger partial charge in [-0.2, -0.15) is 5.10 Å². The van der Waals surface area contributed by atoms with Crippen LogP contribution in [0.25, 0.3) is 10.9 Å². The summed E-state index contributed by atoms with van der Waals surface area (Å²) in [6.07, 6.45) is 4.41. The van der Waals surface area contributed by atoms with E-state index < -0.39 is 0 Å². The Hall–Kier alpha value is -1.55. The maximum atomic E-state index is 9.41. The molecule has 1 N–H and O–H groups in total. The summed E-state index contributed by atoms with van der Waals surface area (Å²) in [6, 6.07) is 6.47. The summed E-state index contributed by atoms with van der Waals surface area (Å²) in [5, 5.41) is 15.0.